The second-order valence-electron chi connectivity index (χ2n) is 4.46. The highest BCUT2D eigenvalue weighted by atomic mass is 16.5. The number of nitrogens with zero attached hydrogens (tertiary/aromatic N) is 4. The minimum Gasteiger partial charge on any atom is -0.384 e. The molecule has 0 amide bonds. The summed E-state index contributed by atoms with van der Waals surface area (Å²) in [5.74, 6) is 2.66. The minimum absolute atomic E-state index is 0.380. The molecule has 0 radical (unpaired) electrons. The van der Waals surface area contributed by atoms with Crippen LogP contribution in [0.5, 0.6) is 0 Å². The Labute approximate surface area is 121 Å². The zero-order valence-electron chi connectivity index (χ0n) is 11.4. The molecule has 7 heteroatoms. The highest BCUT2D eigenvalue weighted by Gasteiger charge is 2.07. The molecule has 0 saturated carbocycles. The van der Waals surface area contributed by atoms with E-state index in [9.17, 15) is 0 Å². The molecule has 0 aliphatic carbocycles. The number of aryl methyl sites for hydroxylation is 1. The maximum Gasteiger partial charge on any atom is 0.245 e. The van der Waals surface area contributed by atoms with E-state index in [1.54, 1.807) is 13.0 Å². The molecular formula is C14H14N6O. The second-order valence-corrected chi connectivity index (χ2v) is 4.46. The van der Waals surface area contributed by atoms with Crippen molar-refractivity contribution in [3.63, 3.8) is 0 Å². The van der Waals surface area contributed by atoms with Crippen LogP contribution in [0.2, 0.25) is 0 Å². The Morgan fingerprint density at radius 3 is 2.67 bits per heavy atom. The molecule has 106 valence electrons. The number of benzene rings is 1. The predicted molar refractivity (Wildman–Crippen MR) is 78.2 cm³/mol. The number of nitrogens with one attached hydrogen (secondary N) is 1. The van der Waals surface area contributed by atoms with Gasteiger partial charge < -0.3 is 15.6 Å². The topological polar surface area (TPSA) is 103 Å². The maximum atomic E-state index is 5.83. The summed E-state index contributed by atoms with van der Waals surface area (Å²) in [6.45, 7) is 2.15. The van der Waals surface area contributed by atoms with Crippen LogP contribution < -0.4 is 11.1 Å². The molecule has 0 unspecified atom stereocenters. The van der Waals surface area contributed by atoms with Crippen LogP contribution in [-0.2, 0) is 6.54 Å². The molecule has 0 saturated heterocycles. The van der Waals surface area contributed by atoms with Crippen molar-refractivity contribution < 1.29 is 4.52 Å². The lowest BCUT2D eigenvalue weighted by atomic mass is 10.2. The zero-order chi connectivity index (χ0) is 14.7. The normalized spacial score (nSPS) is 10.5. The molecule has 21 heavy (non-hydrogen) atoms. The average Bonchev–Trinajstić information content (AvgIpc) is 2.91. The van der Waals surface area contributed by atoms with Crippen molar-refractivity contribution in [1.82, 2.24) is 20.1 Å². The lowest BCUT2D eigenvalue weighted by molar-refractivity contribution is 0.379. The quantitative estimate of drug-likeness (QED) is 0.754. The summed E-state index contributed by atoms with van der Waals surface area (Å²) in [5, 5.41) is 6.83. The highest BCUT2D eigenvalue weighted by Crippen LogP contribution is 2.18. The molecule has 1 aromatic carbocycles. The molecule has 0 aliphatic heterocycles. The number of aromatic nitrogens is 4. The Kier molecular flexibility index (Phi) is 3.46. The Hall–Kier alpha value is -2.96. The van der Waals surface area contributed by atoms with E-state index in [4.69, 9.17) is 10.3 Å². The molecule has 7 nitrogen and oxygen atoms in total. The molecule has 0 bridgehead atoms. The smallest absolute Gasteiger partial charge is 0.245 e. The van der Waals surface area contributed by atoms with Gasteiger partial charge in [-0.25, -0.2) is 9.97 Å². The van der Waals surface area contributed by atoms with Crippen molar-refractivity contribution >= 4 is 11.6 Å². The molecule has 3 N–H and O–H groups in total. The second kappa shape index (κ2) is 5.58. The zero-order valence-corrected chi connectivity index (χ0v) is 11.4. The summed E-state index contributed by atoms with van der Waals surface area (Å²) in [6.07, 6.45) is 0. The first-order valence-corrected chi connectivity index (χ1v) is 6.44. The van der Waals surface area contributed by atoms with E-state index in [1.807, 2.05) is 30.3 Å². The first-order chi connectivity index (χ1) is 10.2. The molecule has 0 spiro atoms. The summed E-state index contributed by atoms with van der Waals surface area (Å²) in [5.41, 5.74) is 6.73. The molecule has 3 aromatic rings. The number of nitrogens with two attached hydrogens (primary N) is 1. The highest BCUT2D eigenvalue weighted by molar-refractivity contribution is 5.60. The van der Waals surface area contributed by atoms with Crippen molar-refractivity contribution in [2.45, 2.75) is 13.5 Å². The summed E-state index contributed by atoms with van der Waals surface area (Å²) >= 11 is 0. The average molecular weight is 282 g/mol. The molecule has 0 aliphatic rings. The van der Waals surface area contributed by atoms with E-state index >= 15 is 0 Å². The van der Waals surface area contributed by atoms with Crippen LogP contribution in [0.25, 0.3) is 11.4 Å². The third-order valence-corrected chi connectivity index (χ3v) is 2.77. The van der Waals surface area contributed by atoms with E-state index in [0.29, 0.717) is 35.7 Å². The molecule has 2 heterocycles. The van der Waals surface area contributed by atoms with Gasteiger partial charge in [0.05, 0.1) is 6.54 Å². The van der Waals surface area contributed by atoms with Crippen LogP contribution in [0.1, 0.15) is 11.7 Å². The molecule has 0 fully saturated rings. The first-order valence-electron chi connectivity index (χ1n) is 6.44. The molecular weight excluding hydrogens is 268 g/mol. The van der Waals surface area contributed by atoms with Crippen LogP contribution in [0.15, 0.2) is 40.9 Å². The van der Waals surface area contributed by atoms with Crippen molar-refractivity contribution in [3.8, 4) is 11.4 Å². The summed E-state index contributed by atoms with van der Waals surface area (Å²) in [7, 11) is 0. The number of anilines is 2. The number of hydrogen-bond donors (Lipinski definition) is 2. The third kappa shape index (κ3) is 3.14. The van der Waals surface area contributed by atoms with E-state index in [1.165, 1.54) is 0 Å². The lowest BCUT2D eigenvalue weighted by Crippen LogP contribution is -2.05. The molecule has 3 rings (SSSR count). The fourth-order valence-corrected chi connectivity index (χ4v) is 1.85. The SMILES string of the molecule is Cc1noc(CNc2cc(N)nc(-c3ccccc3)n2)n1. The Balaban J connectivity index is 1.81. The van der Waals surface area contributed by atoms with Gasteiger partial charge >= 0.3 is 0 Å². The fourth-order valence-electron chi connectivity index (χ4n) is 1.85. The van der Waals surface area contributed by atoms with Gasteiger partial charge in [0, 0.05) is 11.6 Å². The van der Waals surface area contributed by atoms with Gasteiger partial charge in [-0.3, -0.25) is 0 Å². The van der Waals surface area contributed by atoms with Gasteiger partial charge in [0.2, 0.25) is 5.89 Å². The minimum atomic E-state index is 0.380. The van der Waals surface area contributed by atoms with Gasteiger partial charge in [-0.15, -0.1) is 0 Å². The van der Waals surface area contributed by atoms with Crippen molar-refractivity contribution in [2.24, 2.45) is 0 Å². The Morgan fingerprint density at radius 1 is 1.14 bits per heavy atom. The number of hydrogen-bond acceptors (Lipinski definition) is 7. The lowest BCUT2D eigenvalue weighted by Gasteiger charge is -2.06. The van der Waals surface area contributed by atoms with E-state index in [2.05, 4.69) is 25.4 Å². The van der Waals surface area contributed by atoms with E-state index < -0.39 is 0 Å². The Bertz CT molecular complexity index is 740. The van der Waals surface area contributed by atoms with E-state index in [0.717, 1.165) is 5.56 Å². The molecule has 2 aromatic heterocycles. The van der Waals surface area contributed by atoms with Crippen LogP contribution in [0.3, 0.4) is 0 Å². The van der Waals surface area contributed by atoms with Crippen LogP contribution in [-0.4, -0.2) is 20.1 Å². The standard InChI is InChI=1S/C14H14N6O/c1-9-17-13(21-20-9)8-16-12-7-11(15)18-14(19-12)10-5-3-2-4-6-10/h2-7H,8H2,1H3,(H3,15,16,18,19). The molecule has 0 atom stereocenters. The van der Waals surface area contributed by atoms with Crippen LogP contribution in [0.4, 0.5) is 11.6 Å². The van der Waals surface area contributed by atoms with E-state index in [-0.39, 0.29) is 0 Å². The van der Waals surface area contributed by atoms with Gasteiger partial charge in [0.1, 0.15) is 11.6 Å². The first kappa shape index (κ1) is 13.0. The number of rotatable bonds is 4. The van der Waals surface area contributed by atoms with Gasteiger partial charge in [0.25, 0.3) is 0 Å². The van der Waals surface area contributed by atoms with Crippen molar-refractivity contribution in [2.75, 3.05) is 11.1 Å². The summed E-state index contributed by atoms with van der Waals surface area (Å²) < 4.78 is 5.03. The summed E-state index contributed by atoms with van der Waals surface area (Å²) in [4.78, 5) is 12.8. The van der Waals surface area contributed by atoms with Gasteiger partial charge in [-0.2, -0.15) is 4.98 Å². The van der Waals surface area contributed by atoms with Crippen LogP contribution in [0, 0.1) is 6.92 Å². The predicted octanol–water partition coefficient (Wildman–Crippen LogP) is 2.03. The summed E-state index contributed by atoms with van der Waals surface area (Å²) in [6, 6.07) is 11.3. The fraction of sp³-hybridized carbons (Fsp3) is 0.143. The Morgan fingerprint density at radius 2 is 1.95 bits per heavy atom. The van der Waals surface area contributed by atoms with Gasteiger partial charge in [-0.05, 0) is 6.92 Å². The third-order valence-electron chi connectivity index (χ3n) is 2.77. The monoisotopic (exact) mass is 282 g/mol. The van der Waals surface area contributed by atoms with Crippen molar-refractivity contribution in [3.05, 3.63) is 48.1 Å². The van der Waals surface area contributed by atoms with Crippen molar-refractivity contribution in [1.29, 1.82) is 0 Å². The van der Waals surface area contributed by atoms with Gasteiger partial charge in [-0.1, -0.05) is 35.5 Å². The largest absolute Gasteiger partial charge is 0.384 e. The maximum absolute atomic E-state index is 5.83. The van der Waals surface area contributed by atoms with Crippen LogP contribution >= 0.6 is 0 Å². The number of nitrogen functional groups attached to an aromatic ring is 1. The van der Waals surface area contributed by atoms with Gasteiger partial charge in [0.15, 0.2) is 11.6 Å².